The summed E-state index contributed by atoms with van der Waals surface area (Å²) in [5.41, 5.74) is -1.81. The maximum Gasteiger partial charge on any atom is 0.459 e. The molecule has 1 aromatic heterocycles. The molecule has 1 unspecified atom stereocenters. The molecule has 6 atom stereocenters. The van der Waals surface area contributed by atoms with Crippen molar-refractivity contribution in [2.45, 2.75) is 43.6 Å². The molecule has 2 aromatic carbocycles. The molecule has 1 aliphatic rings. The maximum atomic E-state index is 14.0. The van der Waals surface area contributed by atoms with Crippen molar-refractivity contribution in [3.63, 3.8) is 0 Å². The standard InChI is InChI=1S/C27H29ClN3O10P/c1-18(25(35)38-16-19-8-4-2-5-9-19)30-42(37,41-20-10-6-3-7-11-20)39-17-27(13-14-28)23(34)22(33)24(40-27)31-15-12-21(32)29-26(31)36/h2-15,18,22-24,33-34H,16-17H2,1H3,(H,30,37)(H,29,32,36)/t18-,22+,23-,24+,27+,42?/m0/s1. The van der Waals surface area contributed by atoms with Gasteiger partial charge in [-0.3, -0.25) is 23.7 Å². The Balaban J connectivity index is 1.55. The number of nitrogens with one attached hydrogen (secondary N) is 2. The number of aromatic amines is 1. The second-order valence-electron chi connectivity index (χ2n) is 9.33. The number of nitrogens with zero attached hydrogens (tertiary/aromatic N) is 1. The number of hydrogen-bond donors (Lipinski definition) is 4. The Hall–Kier alpha value is -3.55. The molecule has 1 fully saturated rings. The van der Waals surface area contributed by atoms with Crippen LogP contribution in [0, 0.1) is 0 Å². The summed E-state index contributed by atoms with van der Waals surface area (Å²) < 4.78 is 37.3. The number of esters is 1. The summed E-state index contributed by atoms with van der Waals surface area (Å²) in [6.45, 7) is 0.644. The van der Waals surface area contributed by atoms with Crippen LogP contribution < -0.4 is 20.9 Å². The van der Waals surface area contributed by atoms with Gasteiger partial charge in [0.15, 0.2) is 6.23 Å². The highest BCUT2D eigenvalue weighted by molar-refractivity contribution is 7.52. The van der Waals surface area contributed by atoms with E-state index < -0.39 is 61.7 Å². The van der Waals surface area contributed by atoms with Crippen molar-refractivity contribution in [2.75, 3.05) is 6.61 Å². The lowest BCUT2D eigenvalue weighted by Gasteiger charge is -2.31. The Labute approximate surface area is 244 Å². The van der Waals surface area contributed by atoms with Gasteiger partial charge in [0.05, 0.1) is 6.61 Å². The van der Waals surface area contributed by atoms with Crippen molar-refractivity contribution in [2.24, 2.45) is 0 Å². The van der Waals surface area contributed by atoms with Gasteiger partial charge in [0.25, 0.3) is 5.56 Å². The van der Waals surface area contributed by atoms with Gasteiger partial charge in [-0.25, -0.2) is 9.36 Å². The van der Waals surface area contributed by atoms with Gasteiger partial charge in [0.1, 0.15) is 36.2 Å². The molecule has 13 nitrogen and oxygen atoms in total. The summed E-state index contributed by atoms with van der Waals surface area (Å²) in [6, 6.07) is 16.8. The molecular weight excluding hydrogens is 593 g/mol. The molecule has 224 valence electrons. The Morgan fingerprint density at radius 2 is 1.83 bits per heavy atom. The average Bonchev–Trinajstić information content (AvgIpc) is 3.21. The number of benzene rings is 2. The molecule has 0 spiro atoms. The number of carbonyl (C=O) groups is 1. The third kappa shape index (κ3) is 7.44. The first-order chi connectivity index (χ1) is 20.1. The largest absolute Gasteiger partial charge is 0.460 e. The maximum absolute atomic E-state index is 14.0. The van der Waals surface area contributed by atoms with Crippen molar-refractivity contribution in [1.29, 1.82) is 0 Å². The fraction of sp³-hybridized carbons (Fsp3) is 0.296. The second-order valence-corrected chi connectivity index (χ2v) is 11.3. The Morgan fingerprint density at radius 1 is 1.17 bits per heavy atom. The summed E-state index contributed by atoms with van der Waals surface area (Å²) in [5, 5.41) is 24.3. The number of aliphatic hydroxyl groups excluding tert-OH is 2. The topological polar surface area (TPSA) is 178 Å². The average molecular weight is 622 g/mol. The van der Waals surface area contributed by atoms with Crippen molar-refractivity contribution >= 4 is 25.3 Å². The van der Waals surface area contributed by atoms with Crippen LogP contribution in [0.1, 0.15) is 18.7 Å². The van der Waals surface area contributed by atoms with Gasteiger partial charge in [0.2, 0.25) is 0 Å². The number of H-pyrrole nitrogens is 1. The molecule has 15 heteroatoms. The lowest BCUT2D eigenvalue weighted by atomic mass is 9.96. The van der Waals surface area contributed by atoms with E-state index in [2.05, 4.69) is 5.09 Å². The van der Waals surface area contributed by atoms with Crippen molar-refractivity contribution in [1.82, 2.24) is 14.6 Å². The van der Waals surface area contributed by atoms with Crippen LogP contribution in [0.25, 0.3) is 0 Å². The molecule has 1 saturated heterocycles. The molecule has 3 aromatic rings. The highest BCUT2D eigenvalue weighted by Gasteiger charge is 2.55. The molecule has 0 bridgehead atoms. The van der Waals surface area contributed by atoms with E-state index in [1.165, 1.54) is 19.1 Å². The molecular formula is C27H29ClN3O10P. The number of aromatic nitrogens is 2. The van der Waals surface area contributed by atoms with Gasteiger partial charge in [-0.1, -0.05) is 60.1 Å². The minimum atomic E-state index is -4.44. The predicted molar refractivity (Wildman–Crippen MR) is 151 cm³/mol. The molecule has 42 heavy (non-hydrogen) atoms. The van der Waals surface area contributed by atoms with Crippen LogP contribution >= 0.6 is 19.3 Å². The molecule has 4 rings (SSSR count). The van der Waals surface area contributed by atoms with Crippen molar-refractivity contribution in [3.8, 4) is 5.75 Å². The highest BCUT2D eigenvalue weighted by Crippen LogP contribution is 2.48. The monoisotopic (exact) mass is 621 g/mol. The number of para-hydroxylation sites is 1. The Kier molecular flexibility index (Phi) is 10.2. The summed E-state index contributed by atoms with van der Waals surface area (Å²) in [5.74, 6) is -0.620. The predicted octanol–water partition coefficient (Wildman–Crippen LogP) is 2.20. The minimum Gasteiger partial charge on any atom is -0.460 e. The Bertz CT molecular complexity index is 1550. The number of rotatable bonds is 12. The van der Waals surface area contributed by atoms with Gasteiger partial charge in [-0.05, 0) is 30.7 Å². The molecule has 4 N–H and O–H groups in total. The summed E-state index contributed by atoms with van der Waals surface area (Å²) >= 11 is 5.82. The van der Waals surface area contributed by atoms with Gasteiger partial charge >= 0.3 is 19.4 Å². The van der Waals surface area contributed by atoms with Crippen LogP contribution in [0.15, 0.2) is 94.1 Å². The van der Waals surface area contributed by atoms with Crippen LogP contribution in [0.5, 0.6) is 5.75 Å². The van der Waals surface area contributed by atoms with Crippen molar-refractivity contribution < 1.29 is 38.1 Å². The summed E-state index contributed by atoms with van der Waals surface area (Å²) in [6.07, 6.45) is -2.73. The first kappa shape index (κ1) is 31.4. The normalized spacial score (nSPS) is 24.2. The molecule has 2 heterocycles. The van der Waals surface area contributed by atoms with Crippen molar-refractivity contribution in [3.05, 3.63) is 111 Å². The molecule has 0 saturated carbocycles. The van der Waals surface area contributed by atoms with Crippen LogP contribution in [0.3, 0.4) is 0 Å². The highest BCUT2D eigenvalue weighted by atomic mass is 35.5. The van der Waals surface area contributed by atoms with Gasteiger partial charge in [0, 0.05) is 17.8 Å². The second kappa shape index (κ2) is 13.6. The van der Waals surface area contributed by atoms with Crippen LogP contribution in [-0.2, 0) is 30.0 Å². The number of halogens is 1. The number of hydrogen-bond acceptors (Lipinski definition) is 10. The van der Waals surface area contributed by atoms with E-state index >= 15 is 0 Å². The van der Waals surface area contributed by atoms with E-state index in [1.807, 2.05) is 11.1 Å². The third-order valence-electron chi connectivity index (χ3n) is 6.29. The van der Waals surface area contributed by atoms with Crippen LogP contribution in [0.2, 0.25) is 0 Å². The van der Waals surface area contributed by atoms with E-state index in [4.69, 9.17) is 30.1 Å². The SMILES string of the molecule is C[C@H](NP(=O)(OC[C@@]1(C=CCl)O[C@@H](n2ccc(=O)[nH]c2=O)[C@H](O)[C@@H]1O)Oc1ccccc1)C(=O)OCc1ccccc1. The first-order valence-electron chi connectivity index (χ1n) is 12.7. The van der Waals surface area contributed by atoms with E-state index in [-0.39, 0.29) is 12.4 Å². The number of ether oxygens (including phenoxy) is 2. The number of aliphatic hydroxyl groups is 2. The fourth-order valence-electron chi connectivity index (χ4n) is 4.11. The quantitative estimate of drug-likeness (QED) is 0.172. The fourth-order valence-corrected chi connectivity index (χ4v) is 5.85. The lowest BCUT2D eigenvalue weighted by Crippen LogP contribution is -2.46. The van der Waals surface area contributed by atoms with Gasteiger partial charge in [-0.15, -0.1) is 0 Å². The first-order valence-corrected chi connectivity index (χ1v) is 14.6. The van der Waals surface area contributed by atoms with Crippen LogP contribution in [0.4, 0.5) is 0 Å². The van der Waals surface area contributed by atoms with Gasteiger partial charge < -0.3 is 24.2 Å². The summed E-state index contributed by atoms with van der Waals surface area (Å²) in [4.78, 5) is 38.6. The van der Waals surface area contributed by atoms with E-state index in [1.54, 1.807) is 42.5 Å². The molecule has 0 aliphatic carbocycles. The zero-order valence-corrected chi connectivity index (χ0v) is 23.9. The van der Waals surface area contributed by atoms with Crippen LogP contribution in [-0.4, -0.2) is 56.2 Å². The van der Waals surface area contributed by atoms with E-state index in [0.29, 0.717) is 0 Å². The Morgan fingerprint density at radius 3 is 2.48 bits per heavy atom. The molecule has 0 radical (unpaired) electrons. The zero-order valence-electron chi connectivity index (χ0n) is 22.2. The van der Waals surface area contributed by atoms with E-state index in [0.717, 1.165) is 34.0 Å². The summed E-state index contributed by atoms with van der Waals surface area (Å²) in [7, 11) is -4.44. The molecule has 0 amide bonds. The smallest absolute Gasteiger partial charge is 0.459 e. The molecule has 1 aliphatic heterocycles. The third-order valence-corrected chi connectivity index (χ3v) is 8.03. The number of carbonyl (C=O) groups excluding carboxylic acids is 1. The lowest BCUT2D eigenvalue weighted by molar-refractivity contribution is -0.146. The van der Waals surface area contributed by atoms with E-state index in [9.17, 15) is 29.2 Å². The zero-order chi connectivity index (χ0) is 30.3. The minimum absolute atomic E-state index is 0.0244. The van der Waals surface area contributed by atoms with Gasteiger partial charge in [-0.2, -0.15) is 5.09 Å².